The van der Waals surface area contributed by atoms with E-state index >= 15 is 0 Å². The third-order valence-electron chi connectivity index (χ3n) is 2.07. The van der Waals surface area contributed by atoms with Crippen molar-refractivity contribution >= 4 is 0 Å². The van der Waals surface area contributed by atoms with Crippen molar-refractivity contribution in [3.05, 3.63) is 55.0 Å². The first kappa shape index (κ1) is 14.8. The molecule has 0 unspecified atom stereocenters. The van der Waals surface area contributed by atoms with Crippen molar-refractivity contribution in [3.8, 4) is 0 Å². The van der Waals surface area contributed by atoms with E-state index < -0.39 is 0 Å². The molecule has 77 valence electrons. The maximum Gasteiger partial charge on any atom is 3.00 e. The van der Waals surface area contributed by atoms with Gasteiger partial charge in [-0.2, -0.15) is 18.6 Å². The van der Waals surface area contributed by atoms with E-state index in [1.54, 1.807) is 0 Å². The van der Waals surface area contributed by atoms with Crippen LogP contribution in [-0.2, 0) is 26.2 Å². The molecule has 1 heteroatoms. The monoisotopic (exact) mass is 275 g/mol. The van der Waals surface area contributed by atoms with Crippen LogP contribution in [0.2, 0.25) is 0 Å². The van der Waals surface area contributed by atoms with Crippen molar-refractivity contribution in [2.75, 3.05) is 0 Å². The molecule has 0 nitrogen and oxygen atoms in total. The van der Waals surface area contributed by atoms with E-state index in [0.29, 0.717) is 0 Å². The van der Waals surface area contributed by atoms with Crippen LogP contribution in [0.15, 0.2) is 36.0 Å². The van der Waals surface area contributed by atoms with Crippen LogP contribution in [0.1, 0.15) is 32.1 Å². The molecule has 0 aliphatic heterocycles. The molecule has 1 radical (unpaired) electrons. The summed E-state index contributed by atoms with van der Waals surface area (Å²) in [6.07, 6.45) is 21.9. The third kappa shape index (κ3) is 7.74. The van der Waals surface area contributed by atoms with Crippen molar-refractivity contribution < 1.29 is 26.2 Å². The maximum absolute atomic E-state index is 3.79. The van der Waals surface area contributed by atoms with Crippen molar-refractivity contribution in [1.82, 2.24) is 0 Å². The molecule has 0 aromatic carbocycles. The van der Waals surface area contributed by atoms with E-state index in [1.807, 2.05) is 12.2 Å². The second kappa shape index (κ2) is 10.4. The van der Waals surface area contributed by atoms with E-state index in [4.69, 9.17) is 0 Å². The van der Waals surface area contributed by atoms with Crippen LogP contribution >= 0.6 is 0 Å². The Hall–Kier alpha value is -0.157. The van der Waals surface area contributed by atoms with Gasteiger partial charge in [-0.15, -0.1) is 12.8 Å². The summed E-state index contributed by atoms with van der Waals surface area (Å²) >= 11 is 0. The van der Waals surface area contributed by atoms with Gasteiger partial charge in [0.25, 0.3) is 0 Å². The summed E-state index contributed by atoms with van der Waals surface area (Å²) < 4.78 is 0. The number of hydrogen-bond acceptors (Lipinski definition) is 0. The van der Waals surface area contributed by atoms with E-state index in [0.717, 1.165) is 19.3 Å². The summed E-state index contributed by atoms with van der Waals surface area (Å²) in [5.74, 6) is 0. The standard InChI is InChI=1S/C9H12.C5H5.Zr/c1-2-3-6-9-7-4-5-8-9;1-2-4-5-3-1;/h7-8H,1-4,6H2;1-3H,4H2;/q-2;-1;+3. The van der Waals surface area contributed by atoms with Gasteiger partial charge in [0, 0.05) is 0 Å². The molecule has 0 aromatic heterocycles. The molecule has 0 saturated heterocycles. The van der Waals surface area contributed by atoms with Crippen LogP contribution in [0.25, 0.3) is 0 Å². The molecule has 0 bridgehead atoms. The number of rotatable bonds is 3. The molecule has 2 aliphatic carbocycles. The molecule has 2 aliphatic rings. The van der Waals surface area contributed by atoms with Gasteiger partial charge in [0.15, 0.2) is 0 Å². The molecular formula is C14H17Zr. The van der Waals surface area contributed by atoms with Crippen LogP contribution in [0.4, 0.5) is 0 Å². The maximum atomic E-state index is 3.79. The quantitative estimate of drug-likeness (QED) is 0.684. The minimum Gasteiger partial charge on any atom is -0.343 e. The minimum absolute atomic E-state index is 0. The molecular weight excluding hydrogens is 259 g/mol. The number of hydrogen-bond donors (Lipinski definition) is 0. The summed E-state index contributed by atoms with van der Waals surface area (Å²) in [4.78, 5) is 0. The second-order valence-corrected chi connectivity index (χ2v) is 3.29. The summed E-state index contributed by atoms with van der Waals surface area (Å²) in [5, 5.41) is 0. The Morgan fingerprint density at radius 1 is 1.27 bits per heavy atom. The molecule has 2 rings (SSSR count). The third-order valence-corrected chi connectivity index (χ3v) is 2.07. The summed E-state index contributed by atoms with van der Waals surface area (Å²) in [6, 6.07) is 0. The van der Waals surface area contributed by atoms with Gasteiger partial charge >= 0.3 is 26.2 Å². The van der Waals surface area contributed by atoms with Gasteiger partial charge in [0.05, 0.1) is 0 Å². The van der Waals surface area contributed by atoms with Crippen molar-refractivity contribution in [2.45, 2.75) is 32.1 Å². The Balaban J connectivity index is 0.000000280. The second-order valence-electron chi connectivity index (χ2n) is 3.29. The molecule has 0 fully saturated rings. The van der Waals surface area contributed by atoms with Gasteiger partial charge in [-0.05, 0) is 0 Å². The minimum atomic E-state index is 0. The molecule has 0 aromatic rings. The van der Waals surface area contributed by atoms with Gasteiger partial charge in [-0.25, -0.2) is 23.8 Å². The molecule has 15 heavy (non-hydrogen) atoms. The van der Waals surface area contributed by atoms with Crippen molar-refractivity contribution in [1.29, 1.82) is 0 Å². The Kier molecular flexibility index (Phi) is 10.3. The Morgan fingerprint density at radius 3 is 2.53 bits per heavy atom. The van der Waals surface area contributed by atoms with Crippen LogP contribution < -0.4 is 0 Å². The average Bonchev–Trinajstić information content (AvgIpc) is 2.90. The molecule has 0 spiro atoms. The van der Waals surface area contributed by atoms with Crippen LogP contribution in [0, 0.1) is 19.1 Å². The van der Waals surface area contributed by atoms with Gasteiger partial charge in [0.1, 0.15) is 0 Å². The Labute approximate surface area is 113 Å². The Morgan fingerprint density at radius 2 is 2.13 bits per heavy atom. The van der Waals surface area contributed by atoms with Gasteiger partial charge < -0.3 is 6.92 Å². The van der Waals surface area contributed by atoms with E-state index in [9.17, 15) is 0 Å². The zero-order valence-electron chi connectivity index (χ0n) is 9.13. The van der Waals surface area contributed by atoms with E-state index in [1.165, 1.54) is 18.4 Å². The number of unbranched alkanes of at least 4 members (excludes halogenated alkanes) is 1. The first-order chi connectivity index (χ1) is 6.93. The summed E-state index contributed by atoms with van der Waals surface area (Å²) in [5.41, 5.74) is 1.44. The van der Waals surface area contributed by atoms with Crippen LogP contribution in [0.3, 0.4) is 0 Å². The van der Waals surface area contributed by atoms with E-state index in [2.05, 4.69) is 37.3 Å². The summed E-state index contributed by atoms with van der Waals surface area (Å²) in [6.45, 7) is 3.79. The molecule has 0 saturated carbocycles. The van der Waals surface area contributed by atoms with Gasteiger partial charge in [0.2, 0.25) is 0 Å². The zero-order valence-corrected chi connectivity index (χ0v) is 11.6. The normalized spacial score (nSPS) is 15.7. The zero-order chi connectivity index (χ0) is 10.1. The topological polar surface area (TPSA) is 0 Å². The average molecular weight is 277 g/mol. The summed E-state index contributed by atoms with van der Waals surface area (Å²) in [7, 11) is 0. The largest absolute Gasteiger partial charge is 3.00 e. The van der Waals surface area contributed by atoms with Crippen molar-refractivity contribution in [2.24, 2.45) is 0 Å². The smallest absolute Gasteiger partial charge is 0.343 e. The number of allylic oxidation sites excluding steroid dienone is 8. The van der Waals surface area contributed by atoms with E-state index in [-0.39, 0.29) is 26.2 Å². The first-order valence-corrected chi connectivity index (χ1v) is 5.20. The predicted molar refractivity (Wildman–Crippen MR) is 61.3 cm³/mol. The van der Waals surface area contributed by atoms with Crippen LogP contribution in [0.5, 0.6) is 0 Å². The Bertz CT molecular complexity index is 247. The SMILES string of the molecule is [C-]1=CC=CC1.[CH2-]CCCC1=CC[C-]=C1.[Zr+3]. The van der Waals surface area contributed by atoms with Crippen molar-refractivity contribution in [3.63, 3.8) is 0 Å². The molecule has 0 atom stereocenters. The first-order valence-electron chi connectivity index (χ1n) is 5.20. The van der Waals surface area contributed by atoms with Crippen LogP contribution in [-0.4, -0.2) is 0 Å². The molecule has 0 N–H and O–H groups in total. The molecule has 0 heterocycles. The fourth-order valence-electron chi connectivity index (χ4n) is 1.28. The molecule has 0 amide bonds. The van der Waals surface area contributed by atoms with Gasteiger partial charge in [-0.3, -0.25) is 12.2 Å². The van der Waals surface area contributed by atoms with Gasteiger partial charge in [-0.1, -0.05) is 12.8 Å². The fraction of sp³-hybridized carbons (Fsp3) is 0.357. The predicted octanol–water partition coefficient (Wildman–Crippen LogP) is 3.98. The fourth-order valence-corrected chi connectivity index (χ4v) is 1.28.